The first kappa shape index (κ1) is 17.6. The third kappa shape index (κ3) is 6.09. The molecule has 1 atom stereocenters. The van der Waals surface area contributed by atoms with Gasteiger partial charge in [-0.15, -0.1) is 0 Å². The molecule has 1 saturated heterocycles. The monoisotopic (exact) mass is 340 g/mol. The van der Waals surface area contributed by atoms with Crippen LogP contribution in [0, 0.1) is 5.92 Å². The van der Waals surface area contributed by atoms with E-state index in [9.17, 15) is 13.2 Å². The highest BCUT2D eigenvalue weighted by molar-refractivity contribution is 7.91. The topological polar surface area (TPSA) is 84.5 Å². The molecule has 0 bridgehead atoms. The number of ether oxygens (including phenoxy) is 1. The number of urea groups is 1. The van der Waals surface area contributed by atoms with Gasteiger partial charge in [0.25, 0.3) is 0 Å². The predicted molar refractivity (Wildman–Crippen MR) is 89.2 cm³/mol. The highest BCUT2D eigenvalue weighted by Gasteiger charge is 2.27. The summed E-state index contributed by atoms with van der Waals surface area (Å²) in [5.41, 5.74) is 0.956. The molecule has 2 amide bonds. The summed E-state index contributed by atoms with van der Waals surface area (Å²) < 4.78 is 28.3. The van der Waals surface area contributed by atoms with E-state index in [4.69, 9.17) is 4.74 Å². The third-order valence-electron chi connectivity index (χ3n) is 3.70. The van der Waals surface area contributed by atoms with Crippen molar-refractivity contribution < 1.29 is 17.9 Å². The molecule has 1 fully saturated rings. The maximum Gasteiger partial charge on any atom is 0.315 e. The van der Waals surface area contributed by atoms with Crippen molar-refractivity contribution in [2.24, 2.45) is 5.92 Å². The molecule has 1 aromatic carbocycles. The molecule has 23 heavy (non-hydrogen) atoms. The Bertz CT molecular complexity index is 631. The molecule has 0 aromatic heterocycles. The van der Waals surface area contributed by atoms with Gasteiger partial charge in [0.1, 0.15) is 5.75 Å². The molecule has 7 heteroatoms. The SMILES string of the molecule is CCCOc1cccc(CNC(=O)NC[C@H]2CCS(=O)(=O)C2)c1. The fourth-order valence-corrected chi connectivity index (χ4v) is 4.34. The average molecular weight is 340 g/mol. The van der Waals surface area contributed by atoms with Crippen LogP contribution < -0.4 is 15.4 Å². The second-order valence-corrected chi connectivity index (χ2v) is 8.06. The minimum Gasteiger partial charge on any atom is -0.494 e. The van der Waals surface area contributed by atoms with Gasteiger partial charge in [0.2, 0.25) is 0 Å². The number of hydrogen-bond donors (Lipinski definition) is 2. The van der Waals surface area contributed by atoms with E-state index in [0.29, 0.717) is 26.1 Å². The molecule has 0 unspecified atom stereocenters. The summed E-state index contributed by atoms with van der Waals surface area (Å²) in [5.74, 6) is 1.22. The molecule has 6 nitrogen and oxygen atoms in total. The molecule has 2 rings (SSSR count). The zero-order valence-electron chi connectivity index (χ0n) is 13.4. The molecule has 0 radical (unpaired) electrons. The normalized spacial score (nSPS) is 19.3. The van der Waals surface area contributed by atoms with Crippen LogP contribution in [0.25, 0.3) is 0 Å². The van der Waals surface area contributed by atoms with E-state index in [0.717, 1.165) is 17.7 Å². The standard InChI is InChI=1S/C16H24N2O4S/c1-2-7-22-15-5-3-4-13(9-15)10-17-16(19)18-11-14-6-8-23(20,21)12-14/h3-5,9,14H,2,6-8,10-12H2,1H3,(H2,17,18,19)/t14-/m1/s1. The van der Waals surface area contributed by atoms with Crippen molar-refractivity contribution in [3.8, 4) is 5.75 Å². The summed E-state index contributed by atoms with van der Waals surface area (Å²) in [6.07, 6.45) is 1.57. The van der Waals surface area contributed by atoms with Gasteiger partial charge in [-0.05, 0) is 36.5 Å². The molecule has 1 aliphatic rings. The lowest BCUT2D eigenvalue weighted by Gasteiger charge is -2.11. The molecular weight excluding hydrogens is 316 g/mol. The number of carbonyl (C=O) groups excluding carboxylic acids is 1. The number of hydrogen-bond acceptors (Lipinski definition) is 4. The van der Waals surface area contributed by atoms with Crippen LogP contribution in [0.15, 0.2) is 24.3 Å². The molecule has 2 N–H and O–H groups in total. The van der Waals surface area contributed by atoms with Crippen molar-refractivity contribution in [2.45, 2.75) is 26.3 Å². The largest absolute Gasteiger partial charge is 0.494 e. The first-order valence-corrected chi connectivity index (χ1v) is 9.74. The van der Waals surface area contributed by atoms with Crippen molar-refractivity contribution in [1.29, 1.82) is 0 Å². The second kappa shape index (κ2) is 8.19. The van der Waals surface area contributed by atoms with Crippen LogP contribution in [-0.4, -0.2) is 39.1 Å². The Morgan fingerprint density at radius 1 is 1.35 bits per heavy atom. The van der Waals surface area contributed by atoms with Crippen molar-refractivity contribution in [3.63, 3.8) is 0 Å². The highest BCUT2D eigenvalue weighted by atomic mass is 32.2. The number of nitrogens with one attached hydrogen (secondary N) is 2. The van der Waals surface area contributed by atoms with Gasteiger partial charge in [0.05, 0.1) is 18.1 Å². The maximum atomic E-state index is 11.8. The number of sulfone groups is 1. The van der Waals surface area contributed by atoms with Crippen LogP contribution in [0.2, 0.25) is 0 Å². The van der Waals surface area contributed by atoms with E-state index in [1.165, 1.54) is 0 Å². The van der Waals surface area contributed by atoms with Gasteiger partial charge in [-0.25, -0.2) is 13.2 Å². The minimum absolute atomic E-state index is 0.0246. The second-order valence-electron chi connectivity index (χ2n) is 5.83. The summed E-state index contributed by atoms with van der Waals surface area (Å²) in [7, 11) is -2.90. The molecular formula is C16H24N2O4S. The Balaban J connectivity index is 1.72. The predicted octanol–water partition coefficient (Wildman–Crippen LogP) is 1.71. The average Bonchev–Trinajstić information content (AvgIpc) is 2.88. The lowest BCUT2D eigenvalue weighted by atomic mass is 10.1. The third-order valence-corrected chi connectivity index (χ3v) is 5.54. The molecule has 0 spiro atoms. The van der Waals surface area contributed by atoms with E-state index in [1.807, 2.05) is 31.2 Å². The van der Waals surface area contributed by atoms with Gasteiger partial charge in [-0.2, -0.15) is 0 Å². The maximum absolute atomic E-state index is 11.8. The Morgan fingerprint density at radius 2 is 2.17 bits per heavy atom. The van der Waals surface area contributed by atoms with Crippen molar-refractivity contribution in [1.82, 2.24) is 10.6 Å². The first-order valence-electron chi connectivity index (χ1n) is 7.92. The van der Waals surface area contributed by atoms with E-state index in [2.05, 4.69) is 10.6 Å². The summed E-state index contributed by atoms with van der Waals surface area (Å²) in [4.78, 5) is 11.8. The van der Waals surface area contributed by atoms with Crippen LogP contribution in [0.4, 0.5) is 4.79 Å². The molecule has 0 saturated carbocycles. The molecule has 1 aromatic rings. The van der Waals surface area contributed by atoms with E-state index in [1.54, 1.807) is 0 Å². The van der Waals surface area contributed by atoms with Gasteiger partial charge in [-0.3, -0.25) is 0 Å². The summed E-state index contributed by atoms with van der Waals surface area (Å²) >= 11 is 0. The zero-order valence-corrected chi connectivity index (χ0v) is 14.2. The Morgan fingerprint density at radius 3 is 2.87 bits per heavy atom. The van der Waals surface area contributed by atoms with E-state index < -0.39 is 9.84 Å². The summed E-state index contributed by atoms with van der Waals surface area (Å²) in [5, 5.41) is 5.51. The van der Waals surface area contributed by atoms with Crippen LogP contribution in [0.3, 0.4) is 0 Å². The molecule has 128 valence electrons. The number of carbonyl (C=O) groups is 1. The molecule has 1 heterocycles. The Kier molecular flexibility index (Phi) is 6.27. The van der Waals surface area contributed by atoms with E-state index in [-0.39, 0.29) is 23.5 Å². The lowest BCUT2D eigenvalue weighted by molar-refractivity contribution is 0.239. The van der Waals surface area contributed by atoms with Crippen molar-refractivity contribution in [3.05, 3.63) is 29.8 Å². The van der Waals surface area contributed by atoms with Crippen LogP contribution in [-0.2, 0) is 16.4 Å². The van der Waals surface area contributed by atoms with Crippen LogP contribution >= 0.6 is 0 Å². The molecule has 1 aliphatic heterocycles. The zero-order chi connectivity index (χ0) is 16.7. The van der Waals surface area contributed by atoms with Crippen LogP contribution in [0.5, 0.6) is 5.75 Å². The fourth-order valence-electron chi connectivity index (χ4n) is 2.48. The summed E-state index contributed by atoms with van der Waals surface area (Å²) in [6.45, 7) is 3.51. The van der Waals surface area contributed by atoms with Crippen molar-refractivity contribution >= 4 is 15.9 Å². The van der Waals surface area contributed by atoms with E-state index >= 15 is 0 Å². The van der Waals surface area contributed by atoms with Crippen LogP contribution in [0.1, 0.15) is 25.3 Å². The smallest absolute Gasteiger partial charge is 0.315 e. The van der Waals surface area contributed by atoms with Gasteiger partial charge in [0, 0.05) is 13.1 Å². The van der Waals surface area contributed by atoms with Gasteiger partial charge in [-0.1, -0.05) is 19.1 Å². The number of rotatable bonds is 7. The minimum atomic E-state index is -2.90. The van der Waals surface area contributed by atoms with Crippen molar-refractivity contribution in [2.75, 3.05) is 24.7 Å². The lowest BCUT2D eigenvalue weighted by Crippen LogP contribution is -2.38. The Hall–Kier alpha value is -1.76. The quantitative estimate of drug-likeness (QED) is 0.791. The molecule has 0 aliphatic carbocycles. The number of benzene rings is 1. The summed E-state index contributed by atoms with van der Waals surface area (Å²) in [6, 6.07) is 7.32. The number of amides is 2. The first-order chi connectivity index (χ1) is 11.0. The highest BCUT2D eigenvalue weighted by Crippen LogP contribution is 2.17. The fraction of sp³-hybridized carbons (Fsp3) is 0.562. The Labute approximate surface area is 137 Å². The van der Waals surface area contributed by atoms with Gasteiger partial charge < -0.3 is 15.4 Å². The van der Waals surface area contributed by atoms with Gasteiger partial charge in [0.15, 0.2) is 9.84 Å². The van der Waals surface area contributed by atoms with Gasteiger partial charge >= 0.3 is 6.03 Å².